The molecule has 4 aromatic rings. The number of halogens is 1. The van der Waals surface area contributed by atoms with Crippen LogP contribution in [-0.2, 0) is 0 Å². The predicted molar refractivity (Wildman–Crippen MR) is 100.0 cm³/mol. The number of aromatic nitrogens is 6. The van der Waals surface area contributed by atoms with Crippen LogP contribution < -0.4 is 5.32 Å². The van der Waals surface area contributed by atoms with Crippen molar-refractivity contribution in [1.29, 1.82) is 0 Å². The van der Waals surface area contributed by atoms with E-state index in [1.54, 1.807) is 18.3 Å². The fraction of sp³-hybridized carbons (Fsp3) is 0.211. The first kappa shape index (κ1) is 17.0. The molecule has 0 aliphatic carbocycles. The quantitative estimate of drug-likeness (QED) is 0.594. The summed E-state index contributed by atoms with van der Waals surface area (Å²) in [4.78, 5) is 21.3. The number of rotatable bonds is 4. The molecule has 0 unspecified atom stereocenters. The highest BCUT2D eigenvalue weighted by molar-refractivity contribution is 5.78. The highest BCUT2D eigenvalue weighted by atomic mass is 19.1. The molecule has 0 aromatic carbocycles. The fourth-order valence-corrected chi connectivity index (χ4v) is 3.01. The van der Waals surface area contributed by atoms with Gasteiger partial charge in [-0.15, -0.1) is 0 Å². The average Bonchev–Trinajstić information content (AvgIpc) is 2.99. The normalized spacial score (nSPS) is 11.3. The summed E-state index contributed by atoms with van der Waals surface area (Å²) in [5.41, 5.74) is 2.19. The minimum absolute atomic E-state index is 0.165. The lowest BCUT2D eigenvalue weighted by molar-refractivity contribution is 0.600. The van der Waals surface area contributed by atoms with E-state index in [0.717, 1.165) is 17.5 Å². The zero-order chi connectivity index (χ0) is 19.0. The molecule has 0 saturated heterocycles. The zero-order valence-electron chi connectivity index (χ0n) is 15.1. The van der Waals surface area contributed by atoms with Crippen LogP contribution in [0.15, 0.2) is 36.8 Å². The second-order valence-electron chi connectivity index (χ2n) is 6.35. The lowest BCUT2D eigenvalue weighted by atomic mass is 10.2. The van der Waals surface area contributed by atoms with E-state index in [2.05, 4.69) is 54.7 Å². The molecule has 8 heteroatoms. The van der Waals surface area contributed by atoms with Gasteiger partial charge in [0.25, 0.3) is 0 Å². The maximum atomic E-state index is 14.4. The van der Waals surface area contributed by atoms with Crippen LogP contribution >= 0.6 is 0 Å². The minimum Gasteiger partial charge on any atom is -0.324 e. The van der Waals surface area contributed by atoms with Gasteiger partial charge in [-0.3, -0.25) is 0 Å². The largest absolute Gasteiger partial charge is 0.324 e. The summed E-state index contributed by atoms with van der Waals surface area (Å²) < 4.78 is 16.5. The van der Waals surface area contributed by atoms with Gasteiger partial charge in [0.2, 0.25) is 5.95 Å². The van der Waals surface area contributed by atoms with Gasteiger partial charge < -0.3 is 9.88 Å². The van der Waals surface area contributed by atoms with E-state index in [1.807, 2.05) is 13.0 Å². The Labute approximate surface area is 155 Å². The smallest absolute Gasteiger partial charge is 0.229 e. The van der Waals surface area contributed by atoms with Crippen LogP contribution in [0.3, 0.4) is 0 Å². The van der Waals surface area contributed by atoms with Crippen molar-refractivity contribution >= 4 is 22.9 Å². The molecule has 0 aliphatic rings. The summed E-state index contributed by atoms with van der Waals surface area (Å²) in [6.07, 6.45) is 4.24. The summed E-state index contributed by atoms with van der Waals surface area (Å²) in [7, 11) is 0. The Hall–Kier alpha value is -3.42. The molecule has 0 spiro atoms. The number of imidazole rings is 1. The number of hydrogen-bond acceptors (Lipinski definition) is 6. The van der Waals surface area contributed by atoms with E-state index >= 15 is 0 Å². The third-order valence-electron chi connectivity index (χ3n) is 4.11. The van der Waals surface area contributed by atoms with Gasteiger partial charge in [0, 0.05) is 30.1 Å². The highest BCUT2D eigenvalue weighted by Crippen LogP contribution is 2.26. The third-order valence-corrected chi connectivity index (χ3v) is 4.11. The van der Waals surface area contributed by atoms with Gasteiger partial charge in [0.1, 0.15) is 17.3 Å². The van der Waals surface area contributed by atoms with Crippen LogP contribution in [0.1, 0.15) is 25.7 Å². The summed E-state index contributed by atoms with van der Waals surface area (Å²) in [5, 5.41) is 2.95. The Morgan fingerprint density at radius 2 is 2.00 bits per heavy atom. The summed E-state index contributed by atoms with van der Waals surface area (Å²) in [5.74, 6) is 1.14. The molecule has 1 N–H and O–H groups in total. The number of fused-ring (bicyclic) bond motifs is 1. The lowest BCUT2D eigenvalue weighted by Crippen LogP contribution is -2.04. The molecule has 0 fully saturated rings. The van der Waals surface area contributed by atoms with Crippen molar-refractivity contribution in [2.75, 3.05) is 5.32 Å². The van der Waals surface area contributed by atoms with E-state index in [0.29, 0.717) is 17.0 Å². The van der Waals surface area contributed by atoms with E-state index in [1.165, 1.54) is 6.20 Å². The van der Waals surface area contributed by atoms with Crippen LogP contribution in [0.25, 0.3) is 22.4 Å². The molecule has 0 amide bonds. The van der Waals surface area contributed by atoms with Crippen LogP contribution in [0.4, 0.5) is 16.2 Å². The SMILES string of the molecule is Cc1nc2ncc(-c3nc(Nc4cc[c]cn4)ncc3F)cc2n1C(C)C. The Balaban J connectivity index is 1.78. The lowest BCUT2D eigenvalue weighted by Gasteiger charge is -2.11. The van der Waals surface area contributed by atoms with Crippen LogP contribution in [0, 0.1) is 18.8 Å². The van der Waals surface area contributed by atoms with Crippen molar-refractivity contribution in [3.8, 4) is 11.3 Å². The van der Waals surface area contributed by atoms with Crippen molar-refractivity contribution < 1.29 is 4.39 Å². The number of nitrogens with zero attached hydrogens (tertiary/aromatic N) is 6. The average molecular weight is 362 g/mol. The molecule has 27 heavy (non-hydrogen) atoms. The topological polar surface area (TPSA) is 81.4 Å². The van der Waals surface area contributed by atoms with Crippen LogP contribution in [-0.4, -0.2) is 29.5 Å². The van der Waals surface area contributed by atoms with E-state index < -0.39 is 5.82 Å². The van der Waals surface area contributed by atoms with E-state index in [-0.39, 0.29) is 17.7 Å². The fourth-order valence-electron chi connectivity index (χ4n) is 3.01. The summed E-state index contributed by atoms with van der Waals surface area (Å²) in [6.45, 7) is 6.07. The molecular weight excluding hydrogens is 345 g/mol. The number of nitrogens with one attached hydrogen (secondary N) is 1. The Morgan fingerprint density at radius 3 is 2.74 bits per heavy atom. The molecule has 1 radical (unpaired) electrons. The van der Waals surface area contributed by atoms with Gasteiger partial charge in [0.05, 0.1) is 11.7 Å². The highest BCUT2D eigenvalue weighted by Gasteiger charge is 2.15. The van der Waals surface area contributed by atoms with Gasteiger partial charge in [-0.05, 0) is 39.0 Å². The maximum absolute atomic E-state index is 14.4. The number of hydrogen-bond donors (Lipinski definition) is 1. The van der Waals surface area contributed by atoms with Crippen molar-refractivity contribution in [1.82, 2.24) is 29.5 Å². The van der Waals surface area contributed by atoms with Gasteiger partial charge in [0.15, 0.2) is 11.5 Å². The second-order valence-corrected chi connectivity index (χ2v) is 6.35. The molecule has 4 rings (SSSR count). The first-order valence-corrected chi connectivity index (χ1v) is 8.49. The minimum atomic E-state index is -0.525. The number of aryl methyl sites for hydroxylation is 1. The number of anilines is 2. The molecule has 135 valence electrons. The van der Waals surface area contributed by atoms with Crippen molar-refractivity contribution in [2.45, 2.75) is 26.8 Å². The van der Waals surface area contributed by atoms with Gasteiger partial charge >= 0.3 is 0 Å². The van der Waals surface area contributed by atoms with Gasteiger partial charge in [-0.2, -0.15) is 0 Å². The molecule has 4 aromatic heterocycles. The molecule has 0 atom stereocenters. The zero-order valence-corrected chi connectivity index (χ0v) is 15.1. The molecule has 4 heterocycles. The van der Waals surface area contributed by atoms with Crippen LogP contribution in [0.5, 0.6) is 0 Å². The Bertz CT molecular complexity index is 1110. The molecule has 0 saturated carbocycles. The monoisotopic (exact) mass is 362 g/mol. The molecule has 0 aliphatic heterocycles. The standard InChI is InChI=1S/C19H17FN7/c1-11(2)27-12(3)24-18-15(27)8-13(9-22-18)17-14(20)10-23-19(26-17)25-16-6-4-5-7-21-16/h4,6-11H,1-3H3,(H,21,23,25,26). The number of pyridine rings is 2. The van der Waals surface area contributed by atoms with Gasteiger partial charge in [-0.1, -0.05) is 0 Å². The first-order valence-electron chi connectivity index (χ1n) is 8.49. The maximum Gasteiger partial charge on any atom is 0.229 e. The molecule has 7 nitrogen and oxygen atoms in total. The first-order chi connectivity index (χ1) is 13.0. The van der Waals surface area contributed by atoms with Crippen molar-refractivity contribution in [3.05, 3.63) is 54.5 Å². The van der Waals surface area contributed by atoms with Crippen molar-refractivity contribution in [2.24, 2.45) is 0 Å². The third kappa shape index (κ3) is 3.21. The summed E-state index contributed by atoms with van der Waals surface area (Å²) >= 11 is 0. The van der Waals surface area contributed by atoms with Crippen LogP contribution in [0.2, 0.25) is 0 Å². The molecular formula is C19H17FN7. The second kappa shape index (κ2) is 6.71. The van der Waals surface area contributed by atoms with Crippen molar-refractivity contribution in [3.63, 3.8) is 0 Å². The van der Waals surface area contributed by atoms with Gasteiger partial charge in [-0.25, -0.2) is 29.3 Å². The molecule has 0 bridgehead atoms. The Morgan fingerprint density at radius 1 is 1.15 bits per heavy atom. The predicted octanol–water partition coefficient (Wildman–Crippen LogP) is 3.86. The van der Waals surface area contributed by atoms with E-state index in [4.69, 9.17) is 0 Å². The summed E-state index contributed by atoms with van der Waals surface area (Å²) in [6, 6.07) is 8.33. The van der Waals surface area contributed by atoms with E-state index in [9.17, 15) is 4.39 Å². The Kier molecular flexibility index (Phi) is 4.23.